The number of aromatic nitrogens is 1. The van der Waals surface area contributed by atoms with Crippen LogP contribution in [0.15, 0.2) is 66.7 Å². The molecule has 0 aliphatic heterocycles. The summed E-state index contributed by atoms with van der Waals surface area (Å²) in [4.78, 5) is 12.9. The Morgan fingerprint density at radius 1 is 0.889 bits per heavy atom. The van der Waals surface area contributed by atoms with Crippen LogP contribution in [-0.4, -0.2) is 16.3 Å². The molecule has 3 heteroatoms. The molecule has 1 heterocycles. The molecule has 0 bridgehead atoms. The lowest BCUT2D eigenvalue weighted by atomic mass is 9.99. The van der Waals surface area contributed by atoms with Gasteiger partial charge in [-0.3, -0.25) is 0 Å². The van der Waals surface area contributed by atoms with Gasteiger partial charge in [-0.2, -0.15) is 0 Å². The van der Waals surface area contributed by atoms with Gasteiger partial charge < -0.3 is 4.74 Å². The first-order valence-electron chi connectivity index (χ1n) is 9.18. The van der Waals surface area contributed by atoms with E-state index in [1.165, 1.54) is 10.8 Å². The molecule has 1 aromatic heterocycles. The van der Waals surface area contributed by atoms with Crippen molar-refractivity contribution in [1.29, 1.82) is 0 Å². The van der Waals surface area contributed by atoms with Gasteiger partial charge >= 0.3 is 6.09 Å². The molecule has 0 aliphatic rings. The molecular formula is C24H23NO2. The van der Waals surface area contributed by atoms with Crippen molar-refractivity contribution in [2.45, 2.75) is 33.3 Å². The van der Waals surface area contributed by atoms with Crippen LogP contribution in [-0.2, 0) is 4.74 Å². The van der Waals surface area contributed by atoms with Gasteiger partial charge in [-0.05, 0) is 56.2 Å². The Bertz CT molecular complexity index is 1160. The van der Waals surface area contributed by atoms with Gasteiger partial charge in [-0.15, -0.1) is 0 Å². The van der Waals surface area contributed by atoms with Gasteiger partial charge in [0.15, 0.2) is 0 Å². The summed E-state index contributed by atoms with van der Waals surface area (Å²) in [6.45, 7) is 7.64. The van der Waals surface area contributed by atoms with Crippen LogP contribution in [0.1, 0.15) is 26.5 Å². The first-order valence-corrected chi connectivity index (χ1v) is 9.18. The number of carbonyl (C=O) groups is 1. The van der Waals surface area contributed by atoms with E-state index in [2.05, 4.69) is 36.4 Å². The van der Waals surface area contributed by atoms with Gasteiger partial charge in [0.05, 0.1) is 5.52 Å². The van der Waals surface area contributed by atoms with Crippen molar-refractivity contribution in [3.8, 4) is 11.1 Å². The average molecular weight is 357 g/mol. The lowest BCUT2D eigenvalue weighted by molar-refractivity contribution is 0.0542. The number of ether oxygens (including phenoxy) is 1. The maximum atomic E-state index is 12.9. The van der Waals surface area contributed by atoms with Crippen molar-refractivity contribution in [2.75, 3.05) is 0 Å². The third kappa shape index (κ3) is 3.10. The summed E-state index contributed by atoms with van der Waals surface area (Å²) in [6.07, 6.45) is -0.344. The number of fused-ring (bicyclic) bond motifs is 2. The van der Waals surface area contributed by atoms with Crippen molar-refractivity contribution in [3.63, 3.8) is 0 Å². The molecule has 3 nitrogen and oxygen atoms in total. The first kappa shape index (κ1) is 17.3. The van der Waals surface area contributed by atoms with Gasteiger partial charge in [0.2, 0.25) is 0 Å². The van der Waals surface area contributed by atoms with Crippen LogP contribution >= 0.6 is 0 Å². The van der Waals surface area contributed by atoms with Crippen LogP contribution in [0.3, 0.4) is 0 Å². The highest BCUT2D eigenvalue weighted by Gasteiger charge is 2.24. The predicted octanol–water partition coefficient (Wildman–Crippen LogP) is 6.55. The Balaban J connectivity index is 1.95. The minimum absolute atomic E-state index is 0.344. The average Bonchev–Trinajstić information content (AvgIpc) is 2.91. The van der Waals surface area contributed by atoms with E-state index in [4.69, 9.17) is 4.74 Å². The van der Waals surface area contributed by atoms with Gasteiger partial charge in [0.25, 0.3) is 0 Å². The van der Waals surface area contributed by atoms with Crippen molar-refractivity contribution >= 4 is 27.8 Å². The second-order valence-electron chi connectivity index (χ2n) is 7.86. The highest BCUT2D eigenvalue weighted by Crippen LogP contribution is 2.36. The van der Waals surface area contributed by atoms with Crippen LogP contribution in [0, 0.1) is 6.92 Å². The van der Waals surface area contributed by atoms with E-state index in [9.17, 15) is 4.79 Å². The molecule has 0 radical (unpaired) electrons. The van der Waals surface area contributed by atoms with Crippen molar-refractivity contribution < 1.29 is 9.53 Å². The van der Waals surface area contributed by atoms with Crippen LogP contribution in [0.5, 0.6) is 0 Å². The second kappa shape index (κ2) is 6.27. The maximum Gasteiger partial charge on any atom is 0.419 e. The Morgan fingerprint density at radius 2 is 1.56 bits per heavy atom. The van der Waals surface area contributed by atoms with E-state index in [-0.39, 0.29) is 6.09 Å². The smallest absolute Gasteiger partial charge is 0.419 e. The van der Waals surface area contributed by atoms with Crippen molar-refractivity contribution in [3.05, 3.63) is 72.4 Å². The third-order valence-corrected chi connectivity index (χ3v) is 4.73. The predicted molar refractivity (Wildman–Crippen MR) is 111 cm³/mol. The SMILES string of the molecule is Cc1c(-c2ccc3ccccc3c2)c2ccccc2n1C(=O)OC(C)(C)C. The zero-order valence-corrected chi connectivity index (χ0v) is 16.1. The number of carbonyl (C=O) groups excluding carboxylic acids is 1. The molecule has 0 spiro atoms. The Morgan fingerprint density at radius 3 is 2.30 bits per heavy atom. The fourth-order valence-corrected chi connectivity index (χ4v) is 3.62. The maximum absolute atomic E-state index is 12.9. The molecule has 136 valence electrons. The van der Waals surface area contributed by atoms with Gasteiger partial charge in [0.1, 0.15) is 5.60 Å². The molecule has 0 saturated heterocycles. The molecule has 0 fully saturated rings. The van der Waals surface area contributed by atoms with Gasteiger partial charge in [-0.25, -0.2) is 9.36 Å². The third-order valence-electron chi connectivity index (χ3n) is 4.73. The van der Waals surface area contributed by atoms with E-state index in [1.807, 2.05) is 58.0 Å². The number of rotatable bonds is 1. The fraction of sp³-hybridized carbons (Fsp3) is 0.208. The molecule has 0 aliphatic carbocycles. The monoisotopic (exact) mass is 357 g/mol. The molecule has 0 unspecified atom stereocenters. The Kier molecular flexibility index (Phi) is 4.03. The molecule has 0 saturated carbocycles. The van der Waals surface area contributed by atoms with Crippen LogP contribution in [0.2, 0.25) is 0 Å². The highest BCUT2D eigenvalue weighted by atomic mass is 16.6. The molecule has 0 amide bonds. The van der Waals surface area contributed by atoms with E-state index < -0.39 is 5.60 Å². The molecule has 0 N–H and O–H groups in total. The Labute approximate surface area is 159 Å². The zero-order chi connectivity index (χ0) is 19.2. The largest absolute Gasteiger partial charge is 0.443 e. The summed E-state index contributed by atoms with van der Waals surface area (Å²) in [5.41, 5.74) is 3.39. The summed E-state index contributed by atoms with van der Waals surface area (Å²) in [7, 11) is 0. The summed E-state index contributed by atoms with van der Waals surface area (Å²) in [5, 5.41) is 3.44. The van der Waals surface area contributed by atoms with E-state index in [0.717, 1.165) is 27.7 Å². The minimum Gasteiger partial charge on any atom is -0.443 e. The normalized spacial score (nSPS) is 11.9. The number of nitrogens with zero attached hydrogens (tertiary/aromatic N) is 1. The molecule has 4 rings (SSSR count). The zero-order valence-electron chi connectivity index (χ0n) is 16.1. The number of hydrogen-bond donors (Lipinski definition) is 0. The summed E-state index contributed by atoms with van der Waals surface area (Å²) >= 11 is 0. The van der Waals surface area contributed by atoms with Gasteiger partial charge in [-0.1, -0.05) is 54.6 Å². The second-order valence-corrected chi connectivity index (χ2v) is 7.86. The Hall–Kier alpha value is -3.07. The lowest BCUT2D eigenvalue weighted by Crippen LogP contribution is -2.27. The van der Waals surface area contributed by atoms with Crippen molar-refractivity contribution in [1.82, 2.24) is 4.57 Å². The highest BCUT2D eigenvalue weighted by molar-refractivity contribution is 6.04. The van der Waals surface area contributed by atoms with Crippen LogP contribution in [0.4, 0.5) is 4.79 Å². The quantitative estimate of drug-likeness (QED) is 0.386. The molecule has 27 heavy (non-hydrogen) atoms. The number of benzene rings is 3. The number of para-hydroxylation sites is 1. The van der Waals surface area contributed by atoms with E-state index in [1.54, 1.807) is 4.57 Å². The summed E-state index contributed by atoms with van der Waals surface area (Å²) < 4.78 is 7.34. The minimum atomic E-state index is -0.544. The van der Waals surface area contributed by atoms with Crippen LogP contribution < -0.4 is 0 Å². The summed E-state index contributed by atoms with van der Waals surface area (Å²) in [6, 6.07) is 22.7. The van der Waals surface area contributed by atoms with Gasteiger partial charge in [0, 0.05) is 16.6 Å². The fourth-order valence-electron chi connectivity index (χ4n) is 3.62. The molecule has 4 aromatic rings. The molecule has 0 atom stereocenters. The first-order chi connectivity index (χ1) is 12.8. The van der Waals surface area contributed by atoms with E-state index >= 15 is 0 Å². The lowest BCUT2D eigenvalue weighted by Gasteiger charge is -2.20. The topological polar surface area (TPSA) is 31.2 Å². The summed E-state index contributed by atoms with van der Waals surface area (Å²) in [5.74, 6) is 0. The van der Waals surface area contributed by atoms with Crippen LogP contribution in [0.25, 0.3) is 32.8 Å². The molecular weight excluding hydrogens is 334 g/mol. The number of hydrogen-bond acceptors (Lipinski definition) is 2. The molecule has 3 aromatic carbocycles. The van der Waals surface area contributed by atoms with Crippen molar-refractivity contribution in [2.24, 2.45) is 0 Å². The standard InChI is InChI=1S/C24H23NO2/c1-16-22(19-14-13-17-9-5-6-10-18(17)15-19)20-11-7-8-12-21(20)25(16)23(26)27-24(2,3)4/h5-15H,1-4H3. The van der Waals surface area contributed by atoms with E-state index in [0.29, 0.717) is 0 Å².